The molecular weight excluding hydrogens is 494 g/mol. The number of amides is 2. The number of rotatable bonds is 2. The molecule has 0 atom stereocenters. The van der Waals surface area contributed by atoms with Gasteiger partial charge in [0, 0.05) is 31.7 Å². The van der Waals surface area contributed by atoms with Gasteiger partial charge in [0.1, 0.15) is 5.60 Å². The van der Waals surface area contributed by atoms with E-state index in [9.17, 15) is 35.9 Å². The Bertz CT molecular complexity index is 1120. The number of carbonyl (C=O) groups is 2. The number of carbonyl (C=O) groups excluding carboxylic acids is 2. The van der Waals surface area contributed by atoms with Gasteiger partial charge in [-0.1, -0.05) is 0 Å². The first-order chi connectivity index (χ1) is 16.5. The second kappa shape index (κ2) is 9.51. The molecule has 0 saturated carbocycles. The van der Waals surface area contributed by atoms with Gasteiger partial charge in [-0.3, -0.25) is 9.78 Å². The second-order valence-corrected chi connectivity index (χ2v) is 9.21. The van der Waals surface area contributed by atoms with Crippen LogP contribution < -0.4 is 5.73 Å². The molecular formula is C23H24F6N4O3. The number of piperazine rings is 1. The monoisotopic (exact) mass is 518 g/mol. The summed E-state index contributed by atoms with van der Waals surface area (Å²) in [5, 5.41) is 0. The molecule has 0 bridgehead atoms. The average molecular weight is 518 g/mol. The molecule has 1 aliphatic heterocycles. The van der Waals surface area contributed by atoms with Crippen molar-refractivity contribution in [3.63, 3.8) is 0 Å². The minimum absolute atomic E-state index is 0.0109. The van der Waals surface area contributed by atoms with Crippen molar-refractivity contribution in [2.45, 2.75) is 38.7 Å². The molecule has 1 aliphatic rings. The lowest BCUT2D eigenvalue weighted by atomic mass is 10.0. The minimum Gasteiger partial charge on any atom is -0.444 e. The Kier molecular flexibility index (Phi) is 7.15. The maximum atomic E-state index is 13.2. The fraction of sp³-hybridized carbons (Fsp3) is 0.435. The van der Waals surface area contributed by atoms with E-state index >= 15 is 0 Å². The third-order valence-corrected chi connectivity index (χ3v) is 5.27. The summed E-state index contributed by atoms with van der Waals surface area (Å²) in [5.41, 5.74) is 1.19. The van der Waals surface area contributed by atoms with E-state index in [0.717, 1.165) is 12.3 Å². The Morgan fingerprint density at radius 3 is 1.83 bits per heavy atom. The quantitative estimate of drug-likeness (QED) is 0.562. The van der Waals surface area contributed by atoms with Crippen LogP contribution in [0, 0.1) is 0 Å². The molecule has 1 aromatic heterocycles. The lowest BCUT2D eigenvalue weighted by Crippen LogP contribution is -2.51. The maximum Gasteiger partial charge on any atom is 0.416 e. The zero-order valence-electron chi connectivity index (χ0n) is 19.6. The topological polar surface area (TPSA) is 88.8 Å². The zero-order valence-corrected chi connectivity index (χ0v) is 19.6. The number of nitrogens with two attached hydrogens (primary N) is 1. The van der Waals surface area contributed by atoms with Crippen molar-refractivity contribution in [3.05, 3.63) is 47.2 Å². The summed E-state index contributed by atoms with van der Waals surface area (Å²) in [6.45, 7) is 5.74. The normalized spacial score (nSPS) is 15.1. The van der Waals surface area contributed by atoms with Crippen LogP contribution in [0.3, 0.4) is 0 Å². The fourth-order valence-corrected chi connectivity index (χ4v) is 3.50. The number of benzene rings is 1. The Hall–Kier alpha value is -3.51. The van der Waals surface area contributed by atoms with Gasteiger partial charge >= 0.3 is 18.4 Å². The first-order valence-corrected chi connectivity index (χ1v) is 10.8. The summed E-state index contributed by atoms with van der Waals surface area (Å²) < 4.78 is 84.7. The predicted octanol–water partition coefficient (Wildman–Crippen LogP) is 5.06. The largest absolute Gasteiger partial charge is 0.444 e. The number of anilines is 1. The summed E-state index contributed by atoms with van der Waals surface area (Å²) in [6, 6.07) is 2.13. The summed E-state index contributed by atoms with van der Waals surface area (Å²) in [5.74, 6) is -0.594. The van der Waals surface area contributed by atoms with E-state index in [1.54, 1.807) is 20.8 Å². The lowest BCUT2D eigenvalue weighted by molar-refractivity contribution is -0.143. The number of nitrogens with zero attached hydrogens (tertiary/aromatic N) is 3. The predicted molar refractivity (Wildman–Crippen MR) is 118 cm³/mol. The SMILES string of the molecule is CC(C)(C)OC(=O)N1CCN(C(=O)c2cc(-c3cc(C(F)(F)F)cc(C(F)(F)F)c3)ncc2N)CC1. The van der Waals surface area contributed by atoms with E-state index in [2.05, 4.69) is 4.98 Å². The van der Waals surface area contributed by atoms with Gasteiger partial charge in [0.15, 0.2) is 0 Å². The van der Waals surface area contributed by atoms with E-state index in [1.165, 1.54) is 9.80 Å². The number of ether oxygens (including phenoxy) is 1. The Labute approximate surface area is 202 Å². The number of aromatic nitrogens is 1. The third kappa shape index (κ3) is 6.38. The molecule has 13 heteroatoms. The molecule has 1 saturated heterocycles. The molecule has 7 nitrogen and oxygen atoms in total. The number of pyridine rings is 1. The van der Waals surface area contributed by atoms with Crippen molar-refractivity contribution >= 4 is 17.7 Å². The fourth-order valence-electron chi connectivity index (χ4n) is 3.50. The highest BCUT2D eigenvalue weighted by Gasteiger charge is 2.37. The summed E-state index contributed by atoms with van der Waals surface area (Å²) >= 11 is 0. The van der Waals surface area contributed by atoms with Crippen LogP contribution >= 0.6 is 0 Å². The van der Waals surface area contributed by atoms with Crippen LogP contribution in [0.2, 0.25) is 0 Å². The van der Waals surface area contributed by atoms with Gasteiger partial charge in [-0.15, -0.1) is 0 Å². The van der Waals surface area contributed by atoms with Gasteiger partial charge in [0.25, 0.3) is 5.91 Å². The van der Waals surface area contributed by atoms with Crippen LogP contribution in [0.25, 0.3) is 11.3 Å². The van der Waals surface area contributed by atoms with Gasteiger partial charge in [-0.05, 0) is 45.0 Å². The second-order valence-electron chi connectivity index (χ2n) is 9.21. The van der Waals surface area contributed by atoms with Crippen LogP contribution in [0.4, 0.5) is 36.8 Å². The molecule has 1 aromatic carbocycles. The van der Waals surface area contributed by atoms with Crippen molar-refractivity contribution < 1.29 is 40.7 Å². The highest BCUT2D eigenvalue weighted by molar-refractivity contribution is 6.00. The summed E-state index contributed by atoms with van der Waals surface area (Å²) in [6.07, 6.45) is -9.59. The number of nitrogen functional groups attached to an aromatic ring is 1. The van der Waals surface area contributed by atoms with Gasteiger partial charge in [0.05, 0.1) is 34.3 Å². The van der Waals surface area contributed by atoms with Gasteiger partial charge in [-0.25, -0.2) is 4.79 Å². The Balaban J connectivity index is 1.87. The summed E-state index contributed by atoms with van der Waals surface area (Å²) in [7, 11) is 0. The standard InChI is InChI=1S/C23H24F6N4O3/c1-21(2,3)36-20(35)33-6-4-32(5-7-33)19(34)16-11-18(31-12-17(16)30)13-8-14(22(24,25)26)10-15(9-13)23(27,28)29/h8-12H,4-7,30H2,1-3H3. The van der Waals surface area contributed by atoms with Gasteiger partial charge < -0.3 is 20.3 Å². The molecule has 1 fully saturated rings. The van der Waals surface area contributed by atoms with Crippen LogP contribution in [-0.2, 0) is 17.1 Å². The van der Waals surface area contributed by atoms with Gasteiger partial charge in [0.2, 0.25) is 0 Å². The molecule has 2 heterocycles. The van der Waals surface area contributed by atoms with Gasteiger partial charge in [-0.2, -0.15) is 26.3 Å². The van der Waals surface area contributed by atoms with Crippen molar-refractivity contribution in [3.8, 4) is 11.3 Å². The molecule has 0 aliphatic carbocycles. The zero-order chi connectivity index (χ0) is 27.1. The van der Waals surface area contributed by atoms with E-state index in [0.29, 0.717) is 12.1 Å². The van der Waals surface area contributed by atoms with Crippen LogP contribution in [0.15, 0.2) is 30.5 Å². The third-order valence-electron chi connectivity index (χ3n) is 5.27. The molecule has 3 rings (SSSR count). The van der Waals surface area contributed by atoms with Crippen molar-refractivity contribution in [1.29, 1.82) is 0 Å². The van der Waals surface area contributed by atoms with E-state index in [1.807, 2.05) is 0 Å². The molecule has 0 spiro atoms. The van der Waals surface area contributed by atoms with E-state index < -0.39 is 46.6 Å². The first kappa shape index (κ1) is 27.1. The highest BCUT2D eigenvalue weighted by atomic mass is 19.4. The maximum absolute atomic E-state index is 13.2. The van der Waals surface area contributed by atoms with E-state index in [-0.39, 0.29) is 49.2 Å². The molecule has 2 amide bonds. The number of halogens is 6. The minimum atomic E-state index is -5.03. The molecule has 36 heavy (non-hydrogen) atoms. The first-order valence-electron chi connectivity index (χ1n) is 10.8. The molecule has 2 N–H and O–H groups in total. The smallest absolute Gasteiger partial charge is 0.416 e. The van der Waals surface area contributed by atoms with Crippen LogP contribution in [0.5, 0.6) is 0 Å². The van der Waals surface area contributed by atoms with Crippen LogP contribution in [-0.4, -0.2) is 58.6 Å². The number of alkyl halides is 6. The average Bonchev–Trinajstić information content (AvgIpc) is 2.76. The van der Waals surface area contributed by atoms with E-state index in [4.69, 9.17) is 10.5 Å². The molecule has 196 valence electrons. The molecule has 2 aromatic rings. The highest BCUT2D eigenvalue weighted by Crippen LogP contribution is 2.38. The van der Waals surface area contributed by atoms with Crippen LogP contribution in [0.1, 0.15) is 42.3 Å². The molecule has 0 radical (unpaired) electrons. The van der Waals surface area contributed by atoms with Crippen molar-refractivity contribution in [1.82, 2.24) is 14.8 Å². The molecule has 0 unspecified atom stereocenters. The number of hydrogen-bond donors (Lipinski definition) is 1. The number of hydrogen-bond acceptors (Lipinski definition) is 5. The summed E-state index contributed by atoms with van der Waals surface area (Å²) in [4.78, 5) is 32.0. The Morgan fingerprint density at radius 1 is 0.861 bits per heavy atom. The van der Waals surface area contributed by atoms with Crippen molar-refractivity contribution in [2.24, 2.45) is 0 Å². The Morgan fingerprint density at radius 2 is 1.36 bits per heavy atom. The van der Waals surface area contributed by atoms with Crippen molar-refractivity contribution in [2.75, 3.05) is 31.9 Å². The lowest BCUT2D eigenvalue weighted by Gasteiger charge is -2.35.